The van der Waals surface area contributed by atoms with Crippen molar-refractivity contribution < 1.29 is 28.2 Å². The Morgan fingerprint density at radius 1 is 1.00 bits per heavy atom. The summed E-state index contributed by atoms with van der Waals surface area (Å²) in [6.45, 7) is -2.07. The van der Waals surface area contributed by atoms with Crippen LogP contribution in [0.15, 0.2) is 53.3 Å². The van der Waals surface area contributed by atoms with Crippen LogP contribution in [0.2, 0.25) is 10.0 Å². The third kappa shape index (κ3) is 5.84. The van der Waals surface area contributed by atoms with Crippen LogP contribution in [0.4, 0.5) is 13.2 Å². The van der Waals surface area contributed by atoms with Gasteiger partial charge in [-0.15, -0.1) is 5.10 Å². The minimum Gasteiger partial charge on any atom is -0.480 e. The normalized spacial score (nSPS) is 12.6. The van der Waals surface area contributed by atoms with Gasteiger partial charge in [0.1, 0.15) is 13.1 Å². The minimum absolute atomic E-state index is 0.0399. The SMILES string of the molecule is O=C(O)Cn1nc(Cn2nc(-c3ccc(Cl)cc3)n(C[C@H](O)C(F)(F)F)c2=O)nc1-c1ccccc1Cl. The van der Waals surface area contributed by atoms with Crippen molar-refractivity contribution in [1.82, 2.24) is 29.1 Å². The van der Waals surface area contributed by atoms with Gasteiger partial charge < -0.3 is 10.2 Å². The summed E-state index contributed by atoms with van der Waals surface area (Å²) in [6, 6.07) is 12.4. The molecule has 0 aliphatic carbocycles. The molecule has 4 rings (SSSR count). The average Bonchev–Trinajstić information content (AvgIpc) is 3.34. The Morgan fingerprint density at radius 3 is 2.30 bits per heavy atom. The molecule has 2 heterocycles. The quantitative estimate of drug-likeness (QED) is 0.340. The average molecular weight is 557 g/mol. The molecule has 1 atom stereocenters. The molecule has 2 aromatic heterocycles. The third-order valence-electron chi connectivity index (χ3n) is 5.17. The molecule has 4 aromatic rings. The monoisotopic (exact) mass is 556 g/mol. The molecule has 194 valence electrons. The zero-order chi connectivity index (χ0) is 26.9. The molecular weight excluding hydrogens is 540 g/mol. The molecular formula is C22H17Cl2F3N6O4. The summed E-state index contributed by atoms with van der Waals surface area (Å²) in [6.07, 6.45) is -7.80. The van der Waals surface area contributed by atoms with Crippen LogP contribution in [0.5, 0.6) is 0 Å². The van der Waals surface area contributed by atoms with Crippen LogP contribution < -0.4 is 5.69 Å². The smallest absolute Gasteiger partial charge is 0.416 e. The highest BCUT2D eigenvalue weighted by molar-refractivity contribution is 6.33. The molecule has 0 unspecified atom stereocenters. The number of rotatable bonds is 8. The van der Waals surface area contributed by atoms with E-state index in [2.05, 4.69) is 15.2 Å². The highest BCUT2D eigenvalue weighted by Crippen LogP contribution is 2.27. The number of hydrogen-bond acceptors (Lipinski definition) is 6. The number of carboxylic acids is 1. The van der Waals surface area contributed by atoms with Crippen molar-refractivity contribution >= 4 is 29.2 Å². The lowest BCUT2D eigenvalue weighted by Gasteiger charge is -2.15. The van der Waals surface area contributed by atoms with Crippen molar-refractivity contribution in [3.8, 4) is 22.8 Å². The Hall–Kier alpha value is -3.68. The van der Waals surface area contributed by atoms with Crippen molar-refractivity contribution in [2.45, 2.75) is 31.9 Å². The molecule has 0 aliphatic heterocycles. The second kappa shape index (κ2) is 10.4. The van der Waals surface area contributed by atoms with Gasteiger partial charge in [0.2, 0.25) is 0 Å². The first-order valence-corrected chi connectivity index (χ1v) is 11.3. The van der Waals surface area contributed by atoms with E-state index in [0.29, 0.717) is 15.2 Å². The van der Waals surface area contributed by atoms with E-state index in [4.69, 9.17) is 23.2 Å². The van der Waals surface area contributed by atoms with Crippen LogP contribution in [0, 0.1) is 0 Å². The molecule has 0 bridgehead atoms. The number of benzene rings is 2. The molecule has 0 saturated heterocycles. The molecule has 0 radical (unpaired) electrons. The van der Waals surface area contributed by atoms with Crippen LogP contribution in [-0.2, 0) is 24.4 Å². The van der Waals surface area contributed by atoms with Crippen molar-refractivity contribution in [1.29, 1.82) is 0 Å². The van der Waals surface area contributed by atoms with Gasteiger partial charge in [-0.05, 0) is 36.4 Å². The second-order valence-corrected chi connectivity index (χ2v) is 8.67. The van der Waals surface area contributed by atoms with Crippen LogP contribution in [0.1, 0.15) is 5.82 Å². The predicted molar refractivity (Wildman–Crippen MR) is 126 cm³/mol. The number of alkyl halides is 3. The molecule has 0 spiro atoms. The Kier molecular flexibility index (Phi) is 7.39. The van der Waals surface area contributed by atoms with Crippen molar-refractivity contribution in [2.24, 2.45) is 0 Å². The van der Waals surface area contributed by atoms with E-state index in [-0.39, 0.29) is 28.1 Å². The van der Waals surface area contributed by atoms with E-state index >= 15 is 0 Å². The lowest BCUT2D eigenvalue weighted by Crippen LogP contribution is -2.37. The third-order valence-corrected chi connectivity index (χ3v) is 5.75. The molecule has 37 heavy (non-hydrogen) atoms. The molecule has 0 aliphatic rings. The summed E-state index contributed by atoms with van der Waals surface area (Å²) in [5.74, 6) is -1.29. The summed E-state index contributed by atoms with van der Waals surface area (Å²) in [5.41, 5.74) is -0.310. The van der Waals surface area contributed by atoms with Crippen molar-refractivity contribution in [3.05, 3.63) is 74.9 Å². The predicted octanol–water partition coefficient (Wildman–Crippen LogP) is 3.33. The Morgan fingerprint density at radius 2 is 1.68 bits per heavy atom. The molecule has 15 heteroatoms. The summed E-state index contributed by atoms with van der Waals surface area (Å²) < 4.78 is 41.8. The number of halogens is 5. The number of hydrogen-bond donors (Lipinski definition) is 2. The molecule has 0 amide bonds. The number of nitrogens with zero attached hydrogens (tertiary/aromatic N) is 6. The van der Waals surface area contributed by atoms with E-state index in [1.807, 2.05) is 0 Å². The number of carbonyl (C=O) groups is 1. The summed E-state index contributed by atoms with van der Waals surface area (Å²) >= 11 is 12.1. The highest BCUT2D eigenvalue weighted by atomic mass is 35.5. The fraction of sp³-hybridized carbons (Fsp3) is 0.227. The second-order valence-electron chi connectivity index (χ2n) is 7.82. The molecule has 2 aromatic carbocycles. The zero-order valence-corrected chi connectivity index (χ0v) is 20.1. The van der Waals surface area contributed by atoms with Crippen LogP contribution in [-0.4, -0.2) is 57.6 Å². The maximum atomic E-state index is 13.1. The Balaban J connectivity index is 1.78. The molecule has 2 N–H and O–H groups in total. The molecule has 10 nitrogen and oxygen atoms in total. The van der Waals surface area contributed by atoms with E-state index in [1.165, 1.54) is 24.3 Å². The molecule has 0 fully saturated rings. The lowest BCUT2D eigenvalue weighted by atomic mass is 10.2. The lowest BCUT2D eigenvalue weighted by molar-refractivity contribution is -0.207. The zero-order valence-electron chi connectivity index (χ0n) is 18.6. The van der Waals surface area contributed by atoms with Crippen molar-refractivity contribution in [3.63, 3.8) is 0 Å². The van der Waals surface area contributed by atoms with E-state index in [0.717, 1.165) is 9.36 Å². The first kappa shape index (κ1) is 26.4. The molecule has 0 saturated carbocycles. The number of carboxylic acid groups (broad SMARTS) is 1. The summed E-state index contributed by atoms with van der Waals surface area (Å²) in [4.78, 5) is 28.7. The number of aliphatic hydroxyl groups is 1. The van der Waals surface area contributed by atoms with Gasteiger partial charge >= 0.3 is 17.8 Å². The maximum absolute atomic E-state index is 13.1. The summed E-state index contributed by atoms with van der Waals surface area (Å²) in [7, 11) is 0. The van der Waals surface area contributed by atoms with Crippen LogP contribution in [0.25, 0.3) is 22.8 Å². The van der Waals surface area contributed by atoms with Gasteiger partial charge in [-0.1, -0.05) is 35.3 Å². The van der Waals surface area contributed by atoms with Gasteiger partial charge in [0, 0.05) is 16.1 Å². The van der Waals surface area contributed by atoms with Gasteiger partial charge in [-0.25, -0.2) is 19.1 Å². The fourth-order valence-electron chi connectivity index (χ4n) is 3.47. The van der Waals surface area contributed by atoms with Gasteiger partial charge in [0.05, 0.1) is 11.6 Å². The largest absolute Gasteiger partial charge is 0.480 e. The van der Waals surface area contributed by atoms with E-state index < -0.39 is 43.6 Å². The highest BCUT2D eigenvalue weighted by Gasteiger charge is 2.39. The first-order chi connectivity index (χ1) is 17.4. The Labute approximate surface area is 216 Å². The Bertz CT molecular complexity index is 1500. The standard InChI is InChI=1S/C22H17Cl2F3N6O4/c23-13-7-5-12(6-8-13)19-30-33(21(37)31(19)9-16(34)22(25,26)27)10-17-28-20(32(29-17)11-18(35)36)14-3-1-2-4-15(14)24/h1-8,16,34H,9-11H2,(H,35,36)/t16-/m0/s1. The maximum Gasteiger partial charge on any atom is 0.416 e. The number of aliphatic carboxylic acids is 1. The first-order valence-electron chi connectivity index (χ1n) is 10.5. The van der Waals surface area contributed by atoms with Gasteiger partial charge in [-0.2, -0.15) is 18.3 Å². The van der Waals surface area contributed by atoms with Gasteiger partial charge in [-0.3, -0.25) is 9.36 Å². The van der Waals surface area contributed by atoms with Crippen molar-refractivity contribution in [2.75, 3.05) is 0 Å². The van der Waals surface area contributed by atoms with E-state index in [9.17, 15) is 33.0 Å². The van der Waals surface area contributed by atoms with E-state index in [1.54, 1.807) is 24.3 Å². The summed E-state index contributed by atoms with van der Waals surface area (Å²) in [5, 5.41) is 27.8. The number of aromatic nitrogens is 6. The van der Waals surface area contributed by atoms with Gasteiger partial charge in [0.25, 0.3) is 0 Å². The fourth-order valence-corrected chi connectivity index (χ4v) is 3.81. The van der Waals surface area contributed by atoms with Gasteiger partial charge in [0.15, 0.2) is 23.6 Å². The minimum atomic E-state index is -4.97. The topological polar surface area (TPSA) is 128 Å². The number of aliphatic hydroxyl groups excluding tert-OH is 1. The van der Waals surface area contributed by atoms with Crippen LogP contribution in [0.3, 0.4) is 0 Å². The van der Waals surface area contributed by atoms with Crippen LogP contribution >= 0.6 is 23.2 Å².